The molecule has 1 aromatic heterocycles. The number of nitrogens with two attached hydrogens (primary N) is 2. The van der Waals surface area contributed by atoms with Crippen molar-refractivity contribution < 1.29 is 24.3 Å². The Bertz CT molecular complexity index is 785. The van der Waals surface area contributed by atoms with Gasteiger partial charge >= 0.3 is 5.97 Å². The Kier molecular flexibility index (Phi) is 9.60. The minimum atomic E-state index is -1.16. The van der Waals surface area contributed by atoms with Crippen LogP contribution < -0.4 is 22.1 Å². The van der Waals surface area contributed by atoms with Crippen molar-refractivity contribution in [1.29, 1.82) is 0 Å². The van der Waals surface area contributed by atoms with Crippen LogP contribution in [0, 0.1) is 0 Å². The summed E-state index contributed by atoms with van der Waals surface area (Å²) in [5.41, 5.74) is 12.1. The summed E-state index contributed by atoms with van der Waals surface area (Å²) in [7, 11) is 0. The fourth-order valence-electron chi connectivity index (χ4n) is 3.61. The highest BCUT2D eigenvalue weighted by Crippen LogP contribution is 2.20. The topological polar surface area (TPSA) is 197 Å². The molecule has 1 aliphatic rings. The summed E-state index contributed by atoms with van der Waals surface area (Å²) in [5, 5.41) is 14.2. The van der Waals surface area contributed by atoms with Gasteiger partial charge in [0.15, 0.2) is 0 Å². The molecule has 0 bridgehead atoms. The monoisotopic (exact) mass is 451 g/mol. The van der Waals surface area contributed by atoms with Crippen LogP contribution in [0.4, 0.5) is 0 Å². The average Bonchev–Trinajstić information content (AvgIpc) is 3.44. The normalized spacial score (nSPS) is 18.6. The first-order chi connectivity index (χ1) is 15.2. The number of aliphatic carboxylic acids is 1. The number of hydrogen-bond donors (Lipinski definition) is 6. The van der Waals surface area contributed by atoms with Crippen molar-refractivity contribution in [3.8, 4) is 0 Å². The molecule has 32 heavy (non-hydrogen) atoms. The molecule has 0 aliphatic carbocycles. The van der Waals surface area contributed by atoms with E-state index >= 15 is 0 Å². The number of carboxylic acids is 1. The lowest BCUT2D eigenvalue weighted by molar-refractivity contribution is -0.144. The van der Waals surface area contributed by atoms with Crippen LogP contribution in [-0.4, -0.2) is 80.9 Å². The highest BCUT2D eigenvalue weighted by Gasteiger charge is 2.38. The molecule has 0 radical (unpaired) electrons. The van der Waals surface area contributed by atoms with Crippen LogP contribution in [-0.2, 0) is 25.6 Å². The smallest absolute Gasteiger partial charge is 0.325 e. The van der Waals surface area contributed by atoms with Crippen molar-refractivity contribution >= 4 is 23.7 Å². The number of hydrogen-bond acceptors (Lipinski definition) is 7. The summed E-state index contributed by atoms with van der Waals surface area (Å²) < 4.78 is 0. The molecule has 8 N–H and O–H groups in total. The van der Waals surface area contributed by atoms with Gasteiger partial charge in [0.2, 0.25) is 17.7 Å². The summed E-state index contributed by atoms with van der Waals surface area (Å²) in [6.45, 7) is 2.19. The first-order valence-electron chi connectivity index (χ1n) is 10.8. The molecular weight excluding hydrogens is 418 g/mol. The number of imidazole rings is 1. The van der Waals surface area contributed by atoms with Crippen LogP contribution in [0.25, 0.3) is 0 Å². The molecule has 4 atom stereocenters. The number of likely N-dealkylation sites (tertiary alicyclic amines) is 1. The highest BCUT2D eigenvalue weighted by atomic mass is 16.4. The van der Waals surface area contributed by atoms with E-state index in [-0.39, 0.29) is 6.42 Å². The Hall–Kier alpha value is -2.99. The van der Waals surface area contributed by atoms with Gasteiger partial charge in [-0.3, -0.25) is 19.2 Å². The van der Waals surface area contributed by atoms with Gasteiger partial charge in [0.05, 0.1) is 12.4 Å². The fourth-order valence-corrected chi connectivity index (χ4v) is 3.61. The van der Waals surface area contributed by atoms with E-state index in [9.17, 15) is 19.2 Å². The number of aromatic nitrogens is 2. The van der Waals surface area contributed by atoms with Crippen LogP contribution in [0.3, 0.4) is 0 Å². The number of rotatable bonds is 12. The predicted molar refractivity (Wildman–Crippen MR) is 115 cm³/mol. The third-order valence-electron chi connectivity index (χ3n) is 5.47. The van der Waals surface area contributed by atoms with Crippen molar-refractivity contribution in [3.63, 3.8) is 0 Å². The first-order valence-corrected chi connectivity index (χ1v) is 10.8. The number of unbranched alkanes of at least 4 members (excludes halogenated alkanes) is 1. The van der Waals surface area contributed by atoms with Crippen molar-refractivity contribution in [2.24, 2.45) is 11.5 Å². The molecule has 0 spiro atoms. The number of carboxylic acid groups (broad SMARTS) is 1. The van der Waals surface area contributed by atoms with Crippen LogP contribution in [0.1, 0.15) is 44.7 Å². The van der Waals surface area contributed by atoms with Gasteiger partial charge in [0.25, 0.3) is 0 Å². The molecule has 12 nitrogen and oxygen atoms in total. The van der Waals surface area contributed by atoms with Crippen LogP contribution in [0.5, 0.6) is 0 Å². The lowest BCUT2D eigenvalue weighted by atomic mass is 10.1. The maximum Gasteiger partial charge on any atom is 0.325 e. The van der Waals surface area contributed by atoms with Gasteiger partial charge in [-0.1, -0.05) is 6.42 Å². The van der Waals surface area contributed by atoms with E-state index in [1.807, 2.05) is 0 Å². The van der Waals surface area contributed by atoms with Gasteiger partial charge in [0, 0.05) is 24.9 Å². The number of nitrogens with zero attached hydrogens (tertiary/aromatic N) is 2. The average molecular weight is 452 g/mol. The fraction of sp³-hybridized carbons (Fsp3) is 0.650. The second-order valence-electron chi connectivity index (χ2n) is 7.99. The molecule has 2 rings (SSSR count). The number of amides is 3. The van der Waals surface area contributed by atoms with Gasteiger partial charge in [-0.15, -0.1) is 0 Å². The van der Waals surface area contributed by atoms with E-state index in [1.54, 1.807) is 6.20 Å². The van der Waals surface area contributed by atoms with Crippen molar-refractivity contribution in [3.05, 3.63) is 18.2 Å². The van der Waals surface area contributed by atoms with E-state index < -0.39 is 47.9 Å². The number of aromatic amines is 1. The third-order valence-corrected chi connectivity index (χ3v) is 5.47. The highest BCUT2D eigenvalue weighted by molar-refractivity contribution is 5.94. The maximum atomic E-state index is 13.3. The van der Waals surface area contributed by atoms with E-state index in [0.717, 1.165) is 6.42 Å². The number of H-pyrrole nitrogens is 1. The van der Waals surface area contributed by atoms with E-state index in [4.69, 9.17) is 16.6 Å². The van der Waals surface area contributed by atoms with E-state index in [1.165, 1.54) is 18.2 Å². The summed E-state index contributed by atoms with van der Waals surface area (Å²) in [5.74, 6) is -2.58. The predicted octanol–water partition coefficient (Wildman–Crippen LogP) is -1.53. The Morgan fingerprint density at radius 1 is 1.31 bits per heavy atom. The summed E-state index contributed by atoms with van der Waals surface area (Å²) in [6, 6.07) is -3.61. The summed E-state index contributed by atoms with van der Waals surface area (Å²) in [4.78, 5) is 57.9. The quantitative estimate of drug-likeness (QED) is 0.206. The molecule has 12 heteroatoms. The van der Waals surface area contributed by atoms with Crippen molar-refractivity contribution in [1.82, 2.24) is 25.5 Å². The second-order valence-corrected chi connectivity index (χ2v) is 7.99. The summed E-state index contributed by atoms with van der Waals surface area (Å²) in [6.07, 6.45) is 6.05. The molecule has 3 amide bonds. The zero-order valence-corrected chi connectivity index (χ0v) is 18.3. The SMILES string of the molecule is CC(NC(=O)C1CCCN1C(=O)C(Cc1cnc[nH]1)NC(=O)C(N)CCCCN)C(=O)O. The maximum absolute atomic E-state index is 13.3. The number of carbonyl (C=O) groups is 4. The molecule has 1 aromatic rings. The Morgan fingerprint density at radius 3 is 2.69 bits per heavy atom. The lowest BCUT2D eigenvalue weighted by Gasteiger charge is -2.29. The van der Waals surface area contributed by atoms with Gasteiger partial charge < -0.3 is 37.1 Å². The molecular formula is C20H33N7O5. The molecule has 0 saturated carbocycles. The second kappa shape index (κ2) is 12.2. The Balaban J connectivity index is 2.11. The molecule has 1 aliphatic heterocycles. The zero-order chi connectivity index (χ0) is 23.7. The van der Waals surface area contributed by atoms with Gasteiger partial charge in [0.1, 0.15) is 18.1 Å². The number of nitrogens with one attached hydrogen (secondary N) is 3. The van der Waals surface area contributed by atoms with Gasteiger partial charge in [-0.05, 0) is 39.2 Å². The first kappa shape index (κ1) is 25.3. The van der Waals surface area contributed by atoms with Gasteiger partial charge in [-0.2, -0.15) is 0 Å². The van der Waals surface area contributed by atoms with E-state index in [0.29, 0.717) is 44.5 Å². The Labute approximate surface area is 186 Å². The van der Waals surface area contributed by atoms with Crippen LogP contribution >= 0.6 is 0 Å². The van der Waals surface area contributed by atoms with Crippen molar-refractivity contribution in [2.45, 2.75) is 69.6 Å². The molecule has 178 valence electrons. The summed E-state index contributed by atoms with van der Waals surface area (Å²) >= 11 is 0. The molecule has 0 aromatic carbocycles. The third kappa shape index (κ3) is 7.02. The van der Waals surface area contributed by atoms with Crippen molar-refractivity contribution in [2.75, 3.05) is 13.1 Å². The molecule has 1 saturated heterocycles. The molecule has 1 fully saturated rings. The largest absolute Gasteiger partial charge is 0.480 e. The number of carbonyl (C=O) groups excluding carboxylic acids is 3. The van der Waals surface area contributed by atoms with E-state index in [2.05, 4.69) is 20.6 Å². The Morgan fingerprint density at radius 2 is 2.06 bits per heavy atom. The molecule has 2 heterocycles. The standard InChI is InChI=1S/C20H33N7O5/c1-12(20(31)32)25-18(29)16-6-4-8-27(16)19(30)15(9-13-10-23-11-24-13)26-17(28)14(22)5-2-3-7-21/h10-12,14-16H,2-9,21-22H2,1H3,(H,23,24)(H,25,29)(H,26,28)(H,31,32). The minimum absolute atomic E-state index is 0.149. The lowest BCUT2D eigenvalue weighted by Crippen LogP contribution is -2.57. The van der Waals surface area contributed by atoms with Gasteiger partial charge in [-0.25, -0.2) is 4.98 Å². The van der Waals surface area contributed by atoms with Crippen LogP contribution in [0.2, 0.25) is 0 Å². The van der Waals surface area contributed by atoms with Crippen LogP contribution in [0.15, 0.2) is 12.5 Å². The minimum Gasteiger partial charge on any atom is -0.480 e. The molecule has 4 unspecified atom stereocenters. The zero-order valence-electron chi connectivity index (χ0n) is 18.3.